The van der Waals surface area contributed by atoms with Gasteiger partial charge in [-0.15, -0.1) is 0 Å². The van der Waals surface area contributed by atoms with Crippen molar-refractivity contribution in [3.05, 3.63) is 41.7 Å². The molecule has 36 heavy (non-hydrogen) atoms. The lowest BCUT2D eigenvalue weighted by atomic mass is 9.92. The fourth-order valence-electron chi connectivity index (χ4n) is 4.96. The highest BCUT2D eigenvalue weighted by atomic mass is 16.5. The zero-order chi connectivity index (χ0) is 25.9. The molecule has 1 unspecified atom stereocenters. The van der Waals surface area contributed by atoms with Gasteiger partial charge in [0.2, 0.25) is 0 Å². The predicted octanol–water partition coefficient (Wildman–Crippen LogP) is 3.41. The van der Waals surface area contributed by atoms with E-state index in [0.29, 0.717) is 30.6 Å². The lowest BCUT2D eigenvalue weighted by molar-refractivity contribution is -0.132. The molecule has 2 aliphatic heterocycles. The number of amides is 2. The van der Waals surface area contributed by atoms with Crippen LogP contribution in [0.1, 0.15) is 69.6 Å². The smallest absolute Gasteiger partial charge is 0.324 e. The largest absolute Gasteiger partial charge is 0.373 e. The van der Waals surface area contributed by atoms with Gasteiger partial charge in [0, 0.05) is 44.3 Å². The molecule has 2 saturated heterocycles. The van der Waals surface area contributed by atoms with Crippen molar-refractivity contribution in [2.24, 2.45) is 5.92 Å². The molecule has 2 amide bonds. The summed E-state index contributed by atoms with van der Waals surface area (Å²) < 4.78 is 11.7. The molecule has 1 N–H and O–H groups in total. The molecule has 9 heteroatoms. The van der Waals surface area contributed by atoms with Crippen molar-refractivity contribution in [3.8, 4) is 0 Å². The van der Waals surface area contributed by atoms with E-state index in [9.17, 15) is 9.59 Å². The highest BCUT2D eigenvalue weighted by molar-refractivity contribution is 6.00. The summed E-state index contributed by atoms with van der Waals surface area (Å²) in [5.41, 5.74) is -0.677. The molecule has 2 aliphatic rings. The van der Waals surface area contributed by atoms with Gasteiger partial charge in [-0.3, -0.25) is 9.59 Å². The van der Waals surface area contributed by atoms with Crippen LogP contribution in [-0.2, 0) is 14.9 Å². The first-order valence-electron chi connectivity index (χ1n) is 12.9. The van der Waals surface area contributed by atoms with Crippen molar-refractivity contribution in [2.45, 2.75) is 70.4 Å². The molecular formula is C27H39N5O4. The van der Waals surface area contributed by atoms with Crippen LogP contribution in [0, 0.1) is 5.92 Å². The number of piperidine rings is 1. The van der Waals surface area contributed by atoms with E-state index >= 15 is 0 Å². The van der Waals surface area contributed by atoms with Crippen LogP contribution in [0.4, 0.5) is 6.01 Å². The number of likely N-dealkylation sites (tertiary alicyclic amines) is 1. The Bertz CT molecular complexity index is 1040. The Balaban J connectivity index is 1.23. The molecule has 196 valence electrons. The highest BCUT2D eigenvalue weighted by Gasteiger charge is 2.51. The molecule has 9 nitrogen and oxygen atoms in total. The quantitative estimate of drug-likeness (QED) is 0.558. The molecule has 0 radical (unpaired) electrons. The summed E-state index contributed by atoms with van der Waals surface area (Å²) in [6.07, 6.45) is 3.73. The number of ether oxygens (including phenoxy) is 1. The van der Waals surface area contributed by atoms with Gasteiger partial charge < -0.3 is 24.4 Å². The minimum atomic E-state index is -1.08. The van der Waals surface area contributed by atoms with Gasteiger partial charge in [0.15, 0.2) is 5.82 Å². The zero-order valence-electron chi connectivity index (χ0n) is 22.1. The lowest BCUT2D eigenvalue weighted by Crippen LogP contribution is -2.58. The number of likely N-dealkylation sites (N-methyl/N-ethyl adjacent to an activating group) is 1. The van der Waals surface area contributed by atoms with E-state index in [4.69, 9.17) is 9.26 Å². The first kappa shape index (κ1) is 26.1. The van der Waals surface area contributed by atoms with Crippen molar-refractivity contribution in [2.75, 3.05) is 38.2 Å². The van der Waals surface area contributed by atoms with E-state index < -0.39 is 5.54 Å². The van der Waals surface area contributed by atoms with Crippen LogP contribution < -0.4 is 10.2 Å². The van der Waals surface area contributed by atoms with Gasteiger partial charge in [0.25, 0.3) is 11.8 Å². The third kappa shape index (κ3) is 5.72. The monoisotopic (exact) mass is 497 g/mol. The van der Waals surface area contributed by atoms with E-state index in [0.717, 1.165) is 44.6 Å². The van der Waals surface area contributed by atoms with Crippen molar-refractivity contribution < 1.29 is 18.8 Å². The van der Waals surface area contributed by atoms with Gasteiger partial charge in [-0.05, 0) is 50.7 Å². The second-order valence-corrected chi connectivity index (χ2v) is 11.3. The van der Waals surface area contributed by atoms with Gasteiger partial charge in [-0.25, -0.2) is 0 Å². The summed E-state index contributed by atoms with van der Waals surface area (Å²) >= 11 is 0. The van der Waals surface area contributed by atoms with E-state index in [1.807, 2.05) is 18.2 Å². The fraction of sp³-hybridized carbons (Fsp3) is 0.630. The molecular weight excluding hydrogens is 458 g/mol. The minimum Gasteiger partial charge on any atom is -0.373 e. The summed E-state index contributed by atoms with van der Waals surface area (Å²) in [7, 11) is 1.75. The second kappa shape index (κ2) is 10.6. The van der Waals surface area contributed by atoms with E-state index in [1.165, 1.54) is 0 Å². The average Bonchev–Trinajstić information content (AvgIpc) is 3.43. The number of anilines is 1. The van der Waals surface area contributed by atoms with Crippen molar-refractivity contribution in [3.63, 3.8) is 0 Å². The molecule has 3 heterocycles. The normalized spacial score (nSPS) is 23.4. The van der Waals surface area contributed by atoms with Gasteiger partial charge in [-0.1, -0.05) is 44.1 Å². The second-order valence-electron chi connectivity index (χ2n) is 11.3. The van der Waals surface area contributed by atoms with E-state index in [-0.39, 0.29) is 23.3 Å². The molecule has 4 rings (SSSR count). The fourth-order valence-corrected chi connectivity index (χ4v) is 4.96. The van der Waals surface area contributed by atoms with Gasteiger partial charge in [0.1, 0.15) is 11.6 Å². The Morgan fingerprint density at radius 1 is 1.22 bits per heavy atom. The summed E-state index contributed by atoms with van der Waals surface area (Å²) in [5, 5.41) is 7.08. The molecule has 0 bridgehead atoms. The maximum absolute atomic E-state index is 12.9. The van der Waals surface area contributed by atoms with Crippen molar-refractivity contribution in [1.29, 1.82) is 0 Å². The van der Waals surface area contributed by atoms with Crippen LogP contribution in [0.2, 0.25) is 0 Å². The Morgan fingerprint density at radius 3 is 2.56 bits per heavy atom. The average molecular weight is 498 g/mol. The standard InChI is InChI=1S/C27H39N5O4/c1-26(2,3)23-28-25(36-30-23)32-15-13-19(14-16-32)10-9-17-35-21-18-31(5)24(34)27(21,4)29-22(33)20-11-7-6-8-12-20/h6-8,11-12,19,21H,9-10,13-18H2,1-5H3,(H,29,33)/t21?,27-/m0/s1. The Morgan fingerprint density at radius 2 is 1.92 bits per heavy atom. The Hall–Kier alpha value is -2.94. The van der Waals surface area contributed by atoms with Crippen molar-refractivity contribution >= 4 is 17.8 Å². The molecule has 0 aliphatic carbocycles. The highest BCUT2D eigenvalue weighted by Crippen LogP contribution is 2.29. The number of rotatable bonds is 8. The van der Waals surface area contributed by atoms with Crippen LogP contribution in [0.25, 0.3) is 0 Å². The van der Waals surface area contributed by atoms with Crippen molar-refractivity contribution in [1.82, 2.24) is 20.4 Å². The minimum absolute atomic E-state index is 0.125. The SMILES string of the molecule is CN1CC(OCCCC2CCN(c3nc(C(C)(C)C)no3)CC2)[C@](C)(NC(=O)c2ccccc2)C1=O. The number of carbonyl (C=O) groups is 2. The number of nitrogens with zero attached hydrogens (tertiary/aromatic N) is 4. The maximum atomic E-state index is 12.9. The zero-order valence-corrected chi connectivity index (χ0v) is 22.1. The van der Waals surface area contributed by atoms with Gasteiger partial charge in [0.05, 0.1) is 0 Å². The maximum Gasteiger partial charge on any atom is 0.324 e. The van der Waals surface area contributed by atoms with Gasteiger partial charge in [-0.2, -0.15) is 4.98 Å². The number of nitrogens with one attached hydrogen (secondary N) is 1. The predicted molar refractivity (Wildman–Crippen MR) is 137 cm³/mol. The molecule has 0 saturated carbocycles. The molecule has 1 aromatic carbocycles. The Labute approximate surface area is 213 Å². The Kier molecular flexibility index (Phi) is 7.68. The third-order valence-electron chi connectivity index (χ3n) is 7.33. The molecule has 0 spiro atoms. The summed E-state index contributed by atoms with van der Waals surface area (Å²) in [5.74, 6) is 0.962. The third-order valence-corrected chi connectivity index (χ3v) is 7.33. The van der Waals surface area contributed by atoms with E-state index in [1.54, 1.807) is 31.0 Å². The number of aromatic nitrogens is 2. The van der Waals surface area contributed by atoms with Crippen LogP contribution in [0.15, 0.2) is 34.9 Å². The van der Waals surface area contributed by atoms with Gasteiger partial charge >= 0.3 is 6.01 Å². The van der Waals surface area contributed by atoms with Crippen LogP contribution in [-0.4, -0.2) is 71.8 Å². The van der Waals surface area contributed by atoms with E-state index in [2.05, 4.69) is 41.1 Å². The molecule has 2 aromatic rings. The summed E-state index contributed by atoms with van der Waals surface area (Å²) in [4.78, 5) is 34.1. The number of benzene rings is 1. The van der Waals surface area contributed by atoms with Crippen LogP contribution >= 0.6 is 0 Å². The molecule has 2 atom stereocenters. The van der Waals surface area contributed by atoms with Crippen LogP contribution in [0.3, 0.4) is 0 Å². The molecule has 2 fully saturated rings. The number of hydrogen-bond acceptors (Lipinski definition) is 7. The topological polar surface area (TPSA) is 101 Å². The first-order chi connectivity index (χ1) is 17.1. The summed E-state index contributed by atoms with van der Waals surface area (Å²) in [6.45, 7) is 10.8. The summed E-state index contributed by atoms with van der Waals surface area (Å²) in [6, 6.07) is 9.58. The van der Waals surface area contributed by atoms with Crippen LogP contribution in [0.5, 0.6) is 0 Å². The number of hydrogen-bond donors (Lipinski definition) is 1. The number of carbonyl (C=O) groups excluding carboxylic acids is 2. The molecule has 1 aromatic heterocycles. The first-order valence-corrected chi connectivity index (χ1v) is 12.9. The lowest BCUT2D eigenvalue weighted by Gasteiger charge is -2.31.